The molecule has 5 aromatic rings. The van der Waals surface area contributed by atoms with E-state index >= 15 is 0 Å². The zero-order chi connectivity index (χ0) is 26.2. The minimum atomic E-state index is -3.74. The summed E-state index contributed by atoms with van der Waals surface area (Å²) in [5, 5.41) is 1.55. The molecule has 0 aliphatic carbocycles. The molecule has 2 N–H and O–H groups in total. The van der Waals surface area contributed by atoms with E-state index in [1.807, 2.05) is 18.2 Å². The molecule has 0 saturated heterocycles. The maximum Gasteiger partial charge on any atom is 0.270 e. The van der Waals surface area contributed by atoms with E-state index in [0.29, 0.717) is 26.0 Å². The van der Waals surface area contributed by atoms with Crippen LogP contribution in [0.2, 0.25) is 5.02 Å². The summed E-state index contributed by atoms with van der Waals surface area (Å²) < 4.78 is 25.1. The zero-order valence-electron chi connectivity index (χ0n) is 19.4. The number of nitrogen functional groups attached to an aromatic ring is 1. The summed E-state index contributed by atoms with van der Waals surface area (Å²) in [5.41, 5.74) is 8.11. The van der Waals surface area contributed by atoms with Crippen molar-refractivity contribution < 1.29 is 13.2 Å². The number of carbonyl (C=O) groups is 1. The summed E-state index contributed by atoms with van der Waals surface area (Å²) >= 11 is 7.29. The van der Waals surface area contributed by atoms with Crippen LogP contribution in [0.1, 0.15) is 15.2 Å². The first-order valence-corrected chi connectivity index (χ1v) is 14.0. The Morgan fingerprint density at radius 1 is 1.08 bits per heavy atom. The van der Waals surface area contributed by atoms with E-state index in [4.69, 9.17) is 17.3 Å². The van der Waals surface area contributed by atoms with Crippen LogP contribution in [0.25, 0.3) is 21.5 Å². The second-order valence-corrected chi connectivity index (χ2v) is 11.5. The van der Waals surface area contributed by atoms with Crippen molar-refractivity contribution >= 4 is 61.1 Å². The Balaban J connectivity index is 1.59. The van der Waals surface area contributed by atoms with Gasteiger partial charge in [-0.15, -0.1) is 11.3 Å². The number of hydrogen-bond acceptors (Lipinski definition) is 9. The largest absolute Gasteiger partial charge is 0.382 e. The average molecular weight is 551 g/mol. The fraction of sp³-hybridized carbons (Fsp3) is 0.0800. The van der Waals surface area contributed by atoms with Crippen LogP contribution in [0.5, 0.6) is 0 Å². The lowest BCUT2D eigenvalue weighted by molar-refractivity contribution is 0.0988. The number of fused-ring (bicyclic) bond motifs is 1. The Bertz CT molecular complexity index is 1740. The molecule has 0 bridgehead atoms. The second-order valence-electron chi connectivity index (χ2n) is 8.14. The molecule has 0 radical (unpaired) electrons. The van der Waals surface area contributed by atoms with Crippen LogP contribution in [-0.4, -0.2) is 40.5 Å². The topological polar surface area (TPSA) is 132 Å². The molecule has 9 nitrogen and oxygen atoms in total. The average Bonchev–Trinajstić information content (AvgIpc) is 3.38. The molecule has 4 aromatic heterocycles. The van der Waals surface area contributed by atoms with Crippen molar-refractivity contribution in [3.8, 4) is 10.6 Å². The van der Waals surface area contributed by atoms with Crippen molar-refractivity contribution in [3.05, 3.63) is 88.8 Å². The van der Waals surface area contributed by atoms with E-state index in [2.05, 4.69) is 19.9 Å². The molecule has 37 heavy (non-hydrogen) atoms. The third kappa shape index (κ3) is 5.15. The molecule has 0 aliphatic rings. The number of nitrogens with zero attached hydrogens (tertiary/aromatic N) is 5. The quantitative estimate of drug-likeness (QED) is 0.323. The van der Waals surface area contributed by atoms with Crippen LogP contribution >= 0.6 is 22.9 Å². The number of amides is 1. The molecule has 0 aliphatic heterocycles. The first kappa shape index (κ1) is 24.8. The normalized spacial score (nSPS) is 11.5. The first-order chi connectivity index (χ1) is 17.7. The Labute approximate surface area is 221 Å². The Hall–Kier alpha value is -3.93. The van der Waals surface area contributed by atoms with Crippen molar-refractivity contribution in [2.75, 3.05) is 16.9 Å². The van der Waals surface area contributed by atoms with Gasteiger partial charge in [-0.1, -0.05) is 23.7 Å². The lowest BCUT2D eigenvalue weighted by atomic mass is 10.1. The molecule has 12 heteroatoms. The fourth-order valence-electron chi connectivity index (χ4n) is 3.75. The summed E-state index contributed by atoms with van der Waals surface area (Å²) in [7, 11) is -3.74. The van der Waals surface area contributed by atoms with Crippen molar-refractivity contribution in [3.63, 3.8) is 0 Å². The molecule has 0 atom stereocenters. The van der Waals surface area contributed by atoms with E-state index < -0.39 is 15.7 Å². The fourth-order valence-corrected chi connectivity index (χ4v) is 5.58. The molecule has 1 aromatic carbocycles. The minimum absolute atomic E-state index is 0.0489. The smallest absolute Gasteiger partial charge is 0.270 e. The number of pyridine rings is 3. The summed E-state index contributed by atoms with van der Waals surface area (Å²) in [6, 6.07) is 13.9. The second kappa shape index (κ2) is 9.85. The van der Waals surface area contributed by atoms with E-state index in [1.54, 1.807) is 42.7 Å². The van der Waals surface area contributed by atoms with Gasteiger partial charge in [0.1, 0.15) is 15.7 Å². The molecule has 4 heterocycles. The maximum absolute atomic E-state index is 13.8. The van der Waals surface area contributed by atoms with Gasteiger partial charge in [0.25, 0.3) is 5.91 Å². The van der Waals surface area contributed by atoms with Gasteiger partial charge in [-0.05, 0) is 42.0 Å². The van der Waals surface area contributed by atoms with Gasteiger partial charge < -0.3 is 10.6 Å². The van der Waals surface area contributed by atoms with Crippen molar-refractivity contribution in [1.29, 1.82) is 0 Å². The molecule has 0 fully saturated rings. The Morgan fingerprint density at radius 3 is 2.65 bits per heavy atom. The lowest BCUT2D eigenvalue weighted by Gasteiger charge is -2.24. The highest BCUT2D eigenvalue weighted by molar-refractivity contribution is 7.90. The van der Waals surface area contributed by atoms with Crippen LogP contribution in [-0.2, 0) is 16.4 Å². The number of thiazole rings is 1. The Kier molecular flexibility index (Phi) is 6.59. The van der Waals surface area contributed by atoms with Gasteiger partial charge in [0.05, 0.1) is 29.0 Å². The van der Waals surface area contributed by atoms with Gasteiger partial charge >= 0.3 is 0 Å². The summed E-state index contributed by atoms with van der Waals surface area (Å²) in [5.74, 6) is -0.229. The van der Waals surface area contributed by atoms with Crippen LogP contribution in [0.4, 0.5) is 11.5 Å². The predicted octanol–water partition coefficient (Wildman–Crippen LogP) is 4.63. The summed E-state index contributed by atoms with van der Waals surface area (Å²) in [6.45, 7) is 0.0489. The molecular weight excluding hydrogens is 532 g/mol. The number of hydrogen-bond donors (Lipinski definition) is 1. The standard InChI is InChI=1S/C25H19ClN6O3S2/c1-37(34,35)24-20(5-3-9-29-24)32(14-15-6-7-16-11-18(26)22(27)31-19(16)10-15)25(33)21-13-30-23(36-21)17-4-2-8-28-12-17/h2-13H,14H2,1H3,(H2,27,31). The highest BCUT2D eigenvalue weighted by Crippen LogP contribution is 2.31. The number of anilines is 2. The molecule has 0 spiro atoms. The number of sulfone groups is 1. The van der Waals surface area contributed by atoms with Crippen molar-refractivity contribution in [2.45, 2.75) is 11.6 Å². The van der Waals surface area contributed by atoms with Crippen LogP contribution in [0.15, 0.2) is 78.3 Å². The number of carbonyl (C=O) groups excluding carboxylic acids is 1. The monoisotopic (exact) mass is 550 g/mol. The SMILES string of the molecule is CS(=O)(=O)c1ncccc1N(Cc1ccc2cc(Cl)c(N)nc2c1)C(=O)c1cnc(-c2cccnc2)s1. The van der Waals surface area contributed by atoms with Crippen LogP contribution in [0, 0.1) is 0 Å². The highest BCUT2D eigenvalue weighted by Gasteiger charge is 2.27. The number of nitrogens with two attached hydrogens (primary N) is 1. The maximum atomic E-state index is 13.8. The Morgan fingerprint density at radius 2 is 1.89 bits per heavy atom. The van der Waals surface area contributed by atoms with E-state index in [9.17, 15) is 13.2 Å². The molecule has 186 valence electrons. The number of benzene rings is 1. The molecule has 0 saturated carbocycles. The van der Waals surface area contributed by atoms with Gasteiger partial charge in [0, 0.05) is 35.8 Å². The highest BCUT2D eigenvalue weighted by atomic mass is 35.5. The third-order valence-corrected chi connectivity index (χ3v) is 7.82. The van der Waals surface area contributed by atoms with Gasteiger partial charge in [-0.25, -0.2) is 23.4 Å². The van der Waals surface area contributed by atoms with E-state index in [-0.39, 0.29) is 23.1 Å². The predicted molar refractivity (Wildman–Crippen MR) is 144 cm³/mol. The minimum Gasteiger partial charge on any atom is -0.382 e. The van der Waals surface area contributed by atoms with Gasteiger partial charge in [0.15, 0.2) is 14.9 Å². The molecular formula is C25H19ClN6O3S2. The zero-order valence-corrected chi connectivity index (χ0v) is 21.8. The summed E-state index contributed by atoms with van der Waals surface area (Å²) in [6.07, 6.45) is 7.22. The molecule has 1 amide bonds. The van der Waals surface area contributed by atoms with Crippen molar-refractivity contribution in [2.24, 2.45) is 0 Å². The van der Waals surface area contributed by atoms with Gasteiger partial charge in [-0.2, -0.15) is 0 Å². The van der Waals surface area contributed by atoms with Crippen LogP contribution in [0.3, 0.4) is 0 Å². The molecule has 0 unspecified atom stereocenters. The number of halogens is 1. The van der Waals surface area contributed by atoms with Gasteiger partial charge in [-0.3, -0.25) is 9.78 Å². The van der Waals surface area contributed by atoms with E-state index in [1.165, 1.54) is 28.6 Å². The van der Waals surface area contributed by atoms with Gasteiger partial charge in [0.2, 0.25) is 0 Å². The summed E-state index contributed by atoms with van der Waals surface area (Å²) in [4.78, 5) is 32.4. The number of rotatable bonds is 6. The third-order valence-electron chi connectivity index (χ3n) is 5.47. The molecule has 5 rings (SSSR count). The van der Waals surface area contributed by atoms with Crippen molar-refractivity contribution in [1.82, 2.24) is 19.9 Å². The lowest BCUT2D eigenvalue weighted by Crippen LogP contribution is -2.31. The first-order valence-electron chi connectivity index (χ1n) is 10.9. The van der Waals surface area contributed by atoms with Crippen LogP contribution < -0.4 is 10.6 Å². The number of aromatic nitrogens is 4. The van der Waals surface area contributed by atoms with E-state index in [0.717, 1.165) is 17.2 Å².